The third-order valence-corrected chi connectivity index (χ3v) is 3.42. The lowest BCUT2D eigenvalue weighted by molar-refractivity contribution is 0.478. The van der Waals surface area contributed by atoms with E-state index in [4.69, 9.17) is 16.0 Å². The number of rotatable bonds is 5. The van der Waals surface area contributed by atoms with Crippen molar-refractivity contribution in [2.24, 2.45) is 0 Å². The van der Waals surface area contributed by atoms with Crippen molar-refractivity contribution in [3.05, 3.63) is 34.7 Å². The number of nitrogens with zero attached hydrogens (tertiary/aromatic N) is 2. The molecule has 5 nitrogen and oxygen atoms in total. The Balaban J connectivity index is 1.63. The molecule has 0 spiro atoms. The molecule has 19 heavy (non-hydrogen) atoms. The van der Waals surface area contributed by atoms with E-state index in [1.807, 2.05) is 25.1 Å². The van der Waals surface area contributed by atoms with Crippen LogP contribution in [-0.2, 0) is 6.54 Å². The maximum atomic E-state index is 6.06. The molecule has 2 aromatic rings. The highest BCUT2D eigenvalue weighted by Crippen LogP contribution is 2.23. The largest absolute Gasteiger partial charge is 0.406 e. The lowest BCUT2D eigenvalue weighted by Gasteiger charge is -2.03. The fourth-order valence-electron chi connectivity index (χ4n) is 1.69. The molecule has 1 heterocycles. The van der Waals surface area contributed by atoms with Gasteiger partial charge in [0.05, 0.1) is 6.54 Å². The fraction of sp³-hybridized carbons (Fsp3) is 0.385. The minimum atomic E-state index is 0.382. The summed E-state index contributed by atoms with van der Waals surface area (Å²) in [6.07, 6.45) is 2.47. The number of nitrogens with one attached hydrogen (secondary N) is 2. The topological polar surface area (TPSA) is 63.0 Å². The predicted molar refractivity (Wildman–Crippen MR) is 73.6 cm³/mol. The van der Waals surface area contributed by atoms with Crippen LogP contribution in [0.15, 0.2) is 22.6 Å². The molecule has 0 atom stereocenters. The van der Waals surface area contributed by atoms with Gasteiger partial charge in [-0.25, -0.2) is 0 Å². The normalized spacial score (nSPS) is 14.6. The van der Waals surface area contributed by atoms with Crippen LogP contribution in [0, 0.1) is 6.92 Å². The van der Waals surface area contributed by atoms with E-state index in [9.17, 15) is 0 Å². The quantitative estimate of drug-likeness (QED) is 0.880. The van der Waals surface area contributed by atoms with Gasteiger partial charge in [0.15, 0.2) is 0 Å². The third kappa shape index (κ3) is 3.24. The lowest BCUT2D eigenvalue weighted by Crippen LogP contribution is -2.15. The fourth-order valence-corrected chi connectivity index (χ4v) is 1.87. The first-order valence-electron chi connectivity index (χ1n) is 6.29. The zero-order chi connectivity index (χ0) is 13.2. The van der Waals surface area contributed by atoms with E-state index in [1.54, 1.807) is 0 Å². The van der Waals surface area contributed by atoms with Crippen LogP contribution in [0.3, 0.4) is 0 Å². The van der Waals surface area contributed by atoms with Gasteiger partial charge in [-0.2, -0.15) is 0 Å². The summed E-state index contributed by atoms with van der Waals surface area (Å²) in [4.78, 5) is 0. The van der Waals surface area contributed by atoms with Crippen molar-refractivity contribution in [3.8, 4) is 0 Å². The summed E-state index contributed by atoms with van der Waals surface area (Å²) in [5.41, 5.74) is 1.87. The van der Waals surface area contributed by atoms with Gasteiger partial charge in [0, 0.05) is 16.8 Å². The van der Waals surface area contributed by atoms with Crippen molar-refractivity contribution >= 4 is 23.3 Å². The molecule has 0 unspecified atom stereocenters. The van der Waals surface area contributed by atoms with Gasteiger partial charge >= 0.3 is 6.01 Å². The molecule has 0 saturated heterocycles. The second-order valence-corrected chi connectivity index (χ2v) is 5.15. The first-order valence-corrected chi connectivity index (χ1v) is 6.67. The van der Waals surface area contributed by atoms with Crippen molar-refractivity contribution in [2.75, 3.05) is 5.32 Å². The van der Waals surface area contributed by atoms with Crippen molar-refractivity contribution in [1.29, 1.82) is 0 Å². The van der Waals surface area contributed by atoms with E-state index in [0.717, 1.165) is 11.3 Å². The van der Waals surface area contributed by atoms with Crippen LogP contribution in [0.1, 0.15) is 24.3 Å². The van der Waals surface area contributed by atoms with Crippen LogP contribution < -0.4 is 10.6 Å². The van der Waals surface area contributed by atoms with Crippen LogP contribution in [0.4, 0.5) is 11.7 Å². The van der Waals surface area contributed by atoms with Crippen LogP contribution in [0.25, 0.3) is 0 Å². The minimum absolute atomic E-state index is 0.382. The molecule has 1 aromatic carbocycles. The van der Waals surface area contributed by atoms with Gasteiger partial charge in [0.2, 0.25) is 5.89 Å². The van der Waals surface area contributed by atoms with Crippen molar-refractivity contribution in [2.45, 2.75) is 32.4 Å². The van der Waals surface area contributed by atoms with Gasteiger partial charge in [0.1, 0.15) is 0 Å². The Labute approximate surface area is 116 Å². The van der Waals surface area contributed by atoms with Gasteiger partial charge < -0.3 is 15.1 Å². The zero-order valence-corrected chi connectivity index (χ0v) is 11.4. The van der Waals surface area contributed by atoms with Crippen LogP contribution >= 0.6 is 11.6 Å². The number of hydrogen-bond acceptors (Lipinski definition) is 5. The van der Waals surface area contributed by atoms with Crippen molar-refractivity contribution < 1.29 is 4.42 Å². The molecule has 1 saturated carbocycles. The molecule has 3 rings (SSSR count). The van der Waals surface area contributed by atoms with Gasteiger partial charge in [-0.05, 0) is 37.5 Å². The van der Waals surface area contributed by atoms with Gasteiger partial charge in [-0.3, -0.25) is 0 Å². The highest BCUT2D eigenvalue weighted by atomic mass is 35.5. The molecule has 0 amide bonds. The van der Waals surface area contributed by atoms with Gasteiger partial charge in [-0.1, -0.05) is 22.8 Å². The van der Waals surface area contributed by atoms with Gasteiger partial charge in [0.25, 0.3) is 0 Å². The molecule has 1 fully saturated rings. The Bertz CT molecular complexity index is 580. The average molecular weight is 279 g/mol. The zero-order valence-electron chi connectivity index (χ0n) is 10.6. The molecule has 0 aliphatic heterocycles. The maximum absolute atomic E-state index is 6.06. The second kappa shape index (κ2) is 5.19. The Morgan fingerprint density at radius 1 is 1.37 bits per heavy atom. The number of aryl methyl sites for hydroxylation is 1. The highest BCUT2D eigenvalue weighted by molar-refractivity contribution is 6.31. The van der Waals surface area contributed by atoms with E-state index >= 15 is 0 Å². The molecule has 1 aromatic heterocycles. The van der Waals surface area contributed by atoms with Crippen LogP contribution in [0.2, 0.25) is 5.02 Å². The number of anilines is 2. The van der Waals surface area contributed by atoms with E-state index < -0.39 is 0 Å². The van der Waals surface area contributed by atoms with E-state index in [1.165, 1.54) is 12.8 Å². The molecule has 100 valence electrons. The minimum Gasteiger partial charge on any atom is -0.406 e. The van der Waals surface area contributed by atoms with E-state index in [2.05, 4.69) is 20.8 Å². The summed E-state index contributed by atoms with van der Waals surface area (Å²) in [5.74, 6) is 0.590. The number of hydrogen-bond donors (Lipinski definition) is 2. The maximum Gasteiger partial charge on any atom is 0.320 e. The monoisotopic (exact) mass is 278 g/mol. The molecular formula is C13H15ClN4O. The number of benzene rings is 1. The Kier molecular flexibility index (Phi) is 3.40. The average Bonchev–Trinajstić information content (AvgIpc) is 3.12. The Hall–Kier alpha value is -1.59. The molecule has 6 heteroatoms. The summed E-state index contributed by atoms with van der Waals surface area (Å²) in [5, 5.41) is 15.0. The second-order valence-electron chi connectivity index (χ2n) is 4.75. The third-order valence-electron chi connectivity index (χ3n) is 3.01. The predicted octanol–water partition coefficient (Wildman–Crippen LogP) is 3.03. The molecule has 2 N–H and O–H groups in total. The van der Waals surface area contributed by atoms with E-state index in [0.29, 0.717) is 29.5 Å². The SMILES string of the molecule is Cc1ccc(Nc2nnc(CNC3CC3)o2)cc1Cl. The first-order chi connectivity index (χ1) is 9.20. The summed E-state index contributed by atoms with van der Waals surface area (Å²) >= 11 is 6.06. The number of aromatic nitrogens is 2. The molecule has 0 bridgehead atoms. The first kappa shape index (κ1) is 12.4. The Morgan fingerprint density at radius 2 is 2.21 bits per heavy atom. The molecule has 0 radical (unpaired) electrons. The van der Waals surface area contributed by atoms with Crippen molar-refractivity contribution in [1.82, 2.24) is 15.5 Å². The smallest absolute Gasteiger partial charge is 0.320 e. The highest BCUT2D eigenvalue weighted by Gasteiger charge is 2.21. The molecule has 1 aliphatic rings. The molecular weight excluding hydrogens is 264 g/mol. The summed E-state index contributed by atoms with van der Waals surface area (Å²) in [6.45, 7) is 2.58. The standard InChI is InChI=1S/C13H15ClN4O/c1-8-2-3-10(6-11(8)14)16-13-18-17-12(19-13)7-15-9-4-5-9/h2-3,6,9,15H,4-5,7H2,1H3,(H,16,18). The van der Waals surface area contributed by atoms with Gasteiger partial charge in [-0.15, -0.1) is 5.10 Å². The van der Waals surface area contributed by atoms with E-state index in [-0.39, 0.29) is 0 Å². The Morgan fingerprint density at radius 3 is 2.95 bits per heavy atom. The summed E-state index contributed by atoms with van der Waals surface area (Å²) in [7, 11) is 0. The lowest BCUT2D eigenvalue weighted by atomic mass is 10.2. The summed E-state index contributed by atoms with van der Waals surface area (Å²) < 4.78 is 5.50. The van der Waals surface area contributed by atoms with Crippen LogP contribution in [-0.4, -0.2) is 16.2 Å². The molecule has 1 aliphatic carbocycles. The number of halogens is 1. The van der Waals surface area contributed by atoms with Crippen LogP contribution in [0.5, 0.6) is 0 Å². The van der Waals surface area contributed by atoms with Crippen molar-refractivity contribution in [3.63, 3.8) is 0 Å². The summed E-state index contributed by atoms with van der Waals surface area (Å²) in [6, 6.07) is 6.71.